The van der Waals surface area contributed by atoms with Crippen LogP contribution in [0.3, 0.4) is 0 Å². The van der Waals surface area contributed by atoms with E-state index in [1.165, 1.54) is 0 Å². The molecule has 0 aliphatic carbocycles. The van der Waals surface area contributed by atoms with Gasteiger partial charge in [0.2, 0.25) is 0 Å². The van der Waals surface area contributed by atoms with Gasteiger partial charge in [-0.25, -0.2) is 0 Å². The van der Waals surface area contributed by atoms with Crippen LogP contribution in [0.1, 0.15) is 5.56 Å². The summed E-state index contributed by atoms with van der Waals surface area (Å²) in [5, 5.41) is 8.96. The van der Waals surface area contributed by atoms with Crippen LogP contribution in [0.4, 0.5) is 0 Å². The van der Waals surface area contributed by atoms with E-state index in [-0.39, 0.29) is 6.54 Å². The van der Waals surface area contributed by atoms with Crippen molar-refractivity contribution < 1.29 is 9.90 Å². The lowest BCUT2D eigenvalue weighted by molar-refractivity contribution is -0.142. The zero-order valence-corrected chi connectivity index (χ0v) is 10.6. The molecule has 4 nitrogen and oxygen atoms in total. The van der Waals surface area contributed by atoms with Crippen molar-refractivity contribution in [3.8, 4) is 0 Å². The van der Waals surface area contributed by atoms with E-state index < -0.39 is 12.0 Å². The first-order valence-corrected chi connectivity index (χ1v) is 5.72. The van der Waals surface area contributed by atoms with Crippen LogP contribution in [0, 0.1) is 0 Å². The number of nitrogens with two attached hydrogens (primary N) is 1. The van der Waals surface area contributed by atoms with Crippen LogP contribution in [-0.4, -0.2) is 35.6 Å². The van der Waals surface area contributed by atoms with Crippen LogP contribution in [0.15, 0.2) is 28.7 Å². The topological polar surface area (TPSA) is 66.6 Å². The number of rotatable bonds is 5. The molecule has 3 N–H and O–H groups in total. The number of hydrogen-bond donors (Lipinski definition) is 2. The van der Waals surface area contributed by atoms with Crippen LogP contribution in [0.2, 0.25) is 0 Å². The molecule has 5 heteroatoms. The van der Waals surface area contributed by atoms with Crippen molar-refractivity contribution in [2.24, 2.45) is 5.73 Å². The fraction of sp³-hybridized carbons (Fsp3) is 0.364. The van der Waals surface area contributed by atoms with E-state index in [0.29, 0.717) is 6.54 Å². The molecule has 1 aromatic carbocycles. The number of carboxylic acid groups (broad SMARTS) is 1. The number of likely N-dealkylation sites (N-methyl/N-ethyl adjacent to an activating group) is 1. The molecule has 88 valence electrons. The zero-order valence-electron chi connectivity index (χ0n) is 9.06. The maximum atomic E-state index is 10.9. The average molecular weight is 287 g/mol. The number of carbonyl (C=O) groups is 1. The van der Waals surface area contributed by atoms with Crippen LogP contribution < -0.4 is 5.73 Å². The molecule has 0 aliphatic heterocycles. The number of halogens is 1. The van der Waals surface area contributed by atoms with Crippen molar-refractivity contribution in [2.75, 3.05) is 13.6 Å². The van der Waals surface area contributed by atoms with Gasteiger partial charge in [-0.05, 0) is 18.7 Å². The van der Waals surface area contributed by atoms with Crippen molar-refractivity contribution in [1.29, 1.82) is 0 Å². The van der Waals surface area contributed by atoms with E-state index >= 15 is 0 Å². The summed E-state index contributed by atoms with van der Waals surface area (Å²) < 4.78 is 0.975. The van der Waals surface area contributed by atoms with Gasteiger partial charge in [-0.3, -0.25) is 9.69 Å². The van der Waals surface area contributed by atoms with Gasteiger partial charge < -0.3 is 10.8 Å². The van der Waals surface area contributed by atoms with Crippen molar-refractivity contribution in [1.82, 2.24) is 4.90 Å². The largest absolute Gasteiger partial charge is 0.480 e. The average Bonchev–Trinajstić information content (AvgIpc) is 2.22. The molecular weight excluding hydrogens is 272 g/mol. The summed E-state index contributed by atoms with van der Waals surface area (Å²) in [6, 6.07) is 7.08. The van der Waals surface area contributed by atoms with Crippen molar-refractivity contribution in [3.63, 3.8) is 0 Å². The van der Waals surface area contributed by atoms with Gasteiger partial charge in [-0.1, -0.05) is 34.1 Å². The maximum absolute atomic E-state index is 10.9. The minimum atomic E-state index is -0.892. The SMILES string of the molecule is CN(Cc1ccccc1Br)C(CN)C(=O)O. The molecule has 0 heterocycles. The normalized spacial score (nSPS) is 12.8. The van der Waals surface area contributed by atoms with Crippen molar-refractivity contribution >= 4 is 21.9 Å². The Hall–Kier alpha value is -0.910. The van der Waals surface area contributed by atoms with E-state index in [0.717, 1.165) is 10.0 Å². The lowest BCUT2D eigenvalue weighted by atomic mass is 10.2. The zero-order chi connectivity index (χ0) is 12.1. The lowest BCUT2D eigenvalue weighted by Gasteiger charge is -2.23. The molecule has 1 unspecified atom stereocenters. The Morgan fingerprint density at radius 3 is 2.69 bits per heavy atom. The third-order valence-electron chi connectivity index (χ3n) is 2.42. The Kier molecular flexibility index (Phi) is 4.92. The molecule has 0 fully saturated rings. The third kappa shape index (κ3) is 3.30. The highest BCUT2D eigenvalue weighted by atomic mass is 79.9. The Labute approximate surface area is 103 Å². The number of carboxylic acids is 1. The molecule has 0 bridgehead atoms. The number of nitrogens with zero attached hydrogens (tertiary/aromatic N) is 1. The first-order valence-electron chi connectivity index (χ1n) is 4.92. The van der Waals surface area contributed by atoms with Gasteiger partial charge in [-0.2, -0.15) is 0 Å². The summed E-state index contributed by atoms with van der Waals surface area (Å²) in [5.74, 6) is -0.892. The molecule has 0 radical (unpaired) electrons. The molecule has 0 amide bonds. The molecule has 0 aliphatic rings. The Morgan fingerprint density at radius 1 is 1.56 bits per heavy atom. The smallest absolute Gasteiger partial charge is 0.322 e. The molecule has 0 spiro atoms. The van der Waals surface area contributed by atoms with Gasteiger partial charge in [0.1, 0.15) is 6.04 Å². The molecule has 1 rings (SSSR count). The van der Waals surface area contributed by atoms with Crippen LogP contribution in [-0.2, 0) is 11.3 Å². The first-order chi connectivity index (χ1) is 7.56. The highest BCUT2D eigenvalue weighted by Crippen LogP contribution is 2.17. The Bertz CT molecular complexity index is 371. The molecule has 1 aromatic rings. The number of aliphatic carboxylic acids is 1. The Balaban J connectivity index is 2.74. The van der Waals surface area contributed by atoms with E-state index in [1.54, 1.807) is 11.9 Å². The molecule has 0 saturated carbocycles. The van der Waals surface area contributed by atoms with E-state index in [1.807, 2.05) is 24.3 Å². The predicted molar refractivity (Wildman–Crippen MR) is 66.1 cm³/mol. The summed E-state index contributed by atoms with van der Waals surface area (Å²) in [5.41, 5.74) is 6.48. The molecule has 16 heavy (non-hydrogen) atoms. The second kappa shape index (κ2) is 5.98. The summed E-state index contributed by atoms with van der Waals surface area (Å²) in [4.78, 5) is 12.6. The van der Waals surface area contributed by atoms with Crippen LogP contribution in [0.5, 0.6) is 0 Å². The van der Waals surface area contributed by atoms with E-state index in [2.05, 4.69) is 15.9 Å². The van der Waals surface area contributed by atoms with Crippen molar-refractivity contribution in [2.45, 2.75) is 12.6 Å². The van der Waals surface area contributed by atoms with Gasteiger partial charge in [0, 0.05) is 17.6 Å². The fourth-order valence-corrected chi connectivity index (χ4v) is 1.88. The predicted octanol–water partition coefficient (Wildman–Crippen LogP) is 1.29. The van der Waals surface area contributed by atoms with Gasteiger partial charge >= 0.3 is 5.97 Å². The van der Waals surface area contributed by atoms with Gasteiger partial charge in [0.15, 0.2) is 0 Å². The van der Waals surface area contributed by atoms with Crippen LogP contribution in [0.25, 0.3) is 0 Å². The summed E-state index contributed by atoms with van der Waals surface area (Å²) >= 11 is 3.43. The summed E-state index contributed by atoms with van der Waals surface area (Å²) in [6.07, 6.45) is 0. The fourth-order valence-electron chi connectivity index (χ4n) is 1.47. The van der Waals surface area contributed by atoms with Gasteiger partial charge in [-0.15, -0.1) is 0 Å². The number of benzene rings is 1. The quantitative estimate of drug-likeness (QED) is 0.856. The molecule has 1 atom stereocenters. The summed E-state index contributed by atoms with van der Waals surface area (Å²) in [6.45, 7) is 0.659. The first kappa shape index (κ1) is 13.2. The van der Waals surface area contributed by atoms with E-state index in [4.69, 9.17) is 10.8 Å². The standard InChI is InChI=1S/C11H15BrN2O2/c1-14(10(6-13)11(15)16)7-8-4-2-3-5-9(8)12/h2-5,10H,6-7,13H2,1H3,(H,15,16). The van der Waals surface area contributed by atoms with Crippen molar-refractivity contribution in [3.05, 3.63) is 34.3 Å². The van der Waals surface area contributed by atoms with Gasteiger partial charge in [0.05, 0.1) is 0 Å². The minimum absolute atomic E-state index is 0.107. The second-order valence-corrected chi connectivity index (χ2v) is 4.45. The third-order valence-corrected chi connectivity index (χ3v) is 3.19. The highest BCUT2D eigenvalue weighted by Gasteiger charge is 2.21. The highest BCUT2D eigenvalue weighted by molar-refractivity contribution is 9.10. The Morgan fingerprint density at radius 2 is 2.19 bits per heavy atom. The molecular formula is C11H15BrN2O2. The monoisotopic (exact) mass is 286 g/mol. The van der Waals surface area contributed by atoms with Crippen LogP contribution >= 0.6 is 15.9 Å². The second-order valence-electron chi connectivity index (χ2n) is 3.60. The van der Waals surface area contributed by atoms with Gasteiger partial charge in [0.25, 0.3) is 0 Å². The lowest BCUT2D eigenvalue weighted by Crippen LogP contribution is -2.43. The minimum Gasteiger partial charge on any atom is -0.480 e. The molecule has 0 saturated heterocycles. The maximum Gasteiger partial charge on any atom is 0.322 e. The van der Waals surface area contributed by atoms with E-state index in [9.17, 15) is 4.79 Å². The number of hydrogen-bond acceptors (Lipinski definition) is 3. The molecule has 0 aromatic heterocycles. The summed E-state index contributed by atoms with van der Waals surface area (Å²) in [7, 11) is 1.76.